The number of carboxylic acid groups (broad SMARTS) is 1. The maximum absolute atomic E-state index is 11.6. The number of benzene rings is 3. The Kier molecular flexibility index (Phi) is 4.00. The van der Waals surface area contributed by atoms with Crippen molar-refractivity contribution >= 4 is 23.0 Å². The van der Waals surface area contributed by atoms with Crippen LogP contribution in [-0.4, -0.2) is 16.0 Å². The quantitative estimate of drug-likeness (QED) is 0.365. The van der Waals surface area contributed by atoms with Gasteiger partial charge in [-0.25, -0.2) is 4.79 Å². The molecule has 0 amide bonds. The van der Waals surface area contributed by atoms with Crippen molar-refractivity contribution in [2.24, 2.45) is 0 Å². The normalized spacial score (nSPS) is 11.6. The monoisotopic (exact) mass is 376 g/mol. The number of non-ortho nitro benzene ring substituents is 1. The fourth-order valence-electron chi connectivity index (χ4n) is 3.15. The van der Waals surface area contributed by atoms with E-state index in [2.05, 4.69) is 11.4 Å². The average molecular weight is 376 g/mol. The summed E-state index contributed by atoms with van der Waals surface area (Å²) in [6.07, 6.45) is 0. The number of nitrogens with one attached hydrogen (secondary N) is 1. The lowest BCUT2D eigenvalue weighted by molar-refractivity contribution is -0.384. The van der Waals surface area contributed by atoms with Gasteiger partial charge in [-0.05, 0) is 48.2 Å². The van der Waals surface area contributed by atoms with Crippen LogP contribution in [0.4, 0.5) is 17.1 Å². The van der Waals surface area contributed by atoms with E-state index in [9.17, 15) is 20.0 Å². The predicted molar refractivity (Wildman–Crippen MR) is 105 cm³/mol. The molecule has 3 aromatic rings. The second kappa shape index (κ2) is 6.38. The van der Waals surface area contributed by atoms with Crippen LogP contribution in [0.5, 0.6) is 11.5 Å². The highest BCUT2D eigenvalue weighted by Crippen LogP contribution is 2.46. The summed E-state index contributed by atoms with van der Waals surface area (Å²) in [6, 6.07) is 13.9. The number of rotatable bonds is 3. The van der Waals surface area contributed by atoms with Crippen LogP contribution in [0.1, 0.15) is 21.5 Å². The van der Waals surface area contributed by atoms with Gasteiger partial charge in [-0.3, -0.25) is 10.1 Å². The fourth-order valence-corrected chi connectivity index (χ4v) is 3.15. The van der Waals surface area contributed by atoms with E-state index in [4.69, 9.17) is 4.74 Å². The van der Waals surface area contributed by atoms with Crippen LogP contribution in [-0.2, 0) is 0 Å². The molecule has 0 fully saturated rings. The smallest absolute Gasteiger partial charge is 0.338 e. The van der Waals surface area contributed by atoms with Crippen LogP contribution >= 0.6 is 0 Å². The third-order valence-electron chi connectivity index (χ3n) is 4.83. The molecule has 0 unspecified atom stereocenters. The highest BCUT2D eigenvalue weighted by atomic mass is 16.6. The van der Waals surface area contributed by atoms with Gasteiger partial charge in [0.05, 0.1) is 27.9 Å². The summed E-state index contributed by atoms with van der Waals surface area (Å²) in [4.78, 5) is 22.1. The first-order valence-corrected chi connectivity index (χ1v) is 8.56. The Hall–Kier alpha value is -3.87. The number of carboxylic acids is 1. The van der Waals surface area contributed by atoms with Gasteiger partial charge in [-0.1, -0.05) is 24.3 Å². The van der Waals surface area contributed by atoms with Gasteiger partial charge in [0.15, 0.2) is 11.5 Å². The number of aromatic carboxylic acids is 1. The predicted octanol–water partition coefficient (Wildman–Crippen LogP) is 5.43. The highest BCUT2D eigenvalue weighted by Gasteiger charge is 2.26. The number of aryl methyl sites for hydroxylation is 2. The van der Waals surface area contributed by atoms with Crippen molar-refractivity contribution < 1.29 is 19.6 Å². The number of nitro benzene ring substituents is 1. The van der Waals surface area contributed by atoms with Crippen molar-refractivity contribution in [2.75, 3.05) is 5.32 Å². The zero-order valence-electron chi connectivity index (χ0n) is 15.1. The van der Waals surface area contributed by atoms with Gasteiger partial charge in [0, 0.05) is 6.07 Å². The minimum atomic E-state index is -1.27. The maximum atomic E-state index is 11.6. The molecule has 0 bridgehead atoms. The van der Waals surface area contributed by atoms with Crippen LogP contribution in [0.2, 0.25) is 0 Å². The number of fused-ring (bicyclic) bond motifs is 2. The van der Waals surface area contributed by atoms with E-state index in [0.29, 0.717) is 11.4 Å². The molecule has 7 heteroatoms. The second-order valence-electron chi connectivity index (χ2n) is 6.67. The van der Waals surface area contributed by atoms with Gasteiger partial charge >= 0.3 is 5.97 Å². The molecule has 28 heavy (non-hydrogen) atoms. The molecule has 0 radical (unpaired) electrons. The summed E-state index contributed by atoms with van der Waals surface area (Å²) >= 11 is 0. The van der Waals surface area contributed by atoms with Gasteiger partial charge in [0.1, 0.15) is 0 Å². The summed E-state index contributed by atoms with van der Waals surface area (Å²) in [5, 5.41) is 23.6. The second-order valence-corrected chi connectivity index (χ2v) is 6.67. The van der Waals surface area contributed by atoms with Crippen molar-refractivity contribution in [3.63, 3.8) is 0 Å². The molecule has 0 saturated heterocycles. The standard InChI is InChI=1S/C21H16N2O5/c1-11-3-4-13(7-12(11)2)14-5-6-18-17(8-14)22-20-16(21(24)25)9-15(23(26)27)10-19(20)28-18/h3-10,22H,1-2H3,(H,24,25). The van der Waals surface area contributed by atoms with Crippen LogP contribution in [0.3, 0.4) is 0 Å². The molecule has 2 N–H and O–H groups in total. The molecule has 3 aromatic carbocycles. The lowest BCUT2D eigenvalue weighted by Crippen LogP contribution is -2.10. The van der Waals surface area contributed by atoms with Gasteiger partial charge in [0.25, 0.3) is 5.69 Å². The number of nitrogens with zero attached hydrogens (tertiary/aromatic N) is 1. The molecule has 1 aliphatic heterocycles. The molecule has 7 nitrogen and oxygen atoms in total. The summed E-state index contributed by atoms with van der Waals surface area (Å²) in [5.74, 6) is -0.695. The third-order valence-corrected chi connectivity index (χ3v) is 4.83. The molecule has 1 heterocycles. The third kappa shape index (κ3) is 2.92. The van der Waals surface area contributed by atoms with Crippen molar-refractivity contribution in [3.05, 3.63) is 75.3 Å². The SMILES string of the molecule is Cc1ccc(-c2ccc3c(c2)Nc2c(cc([N+](=O)[O-])cc2C(=O)O)O3)cc1C. The topological polar surface area (TPSA) is 102 Å². The lowest BCUT2D eigenvalue weighted by atomic mass is 9.99. The molecular weight excluding hydrogens is 360 g/mol. The first kappa shape index (κ1) is 17.5. The first-order valence-electron chi connectivity index (χ1n) is 8.56. The van der Waals surface area contributed by atoms with Crippen LogP contribution in [0.15, 0.2) is 48.5 Å². The van der Waals surface area contributed by atoms with Crippen molar-refractivity contribution in [3.8, 4) is 22.6 Å². The Morgan fingerprint density at radius 1 is 1.00 bits per heavy atom. The molecule has 0 spiro atoms. The van der Waals surface area contributed by atoms with Gasteiger partial charge < -0.3 is 15.2 Å². The Balaban J connectivity index is 1.79. The Morgan fingerprint density at radius 3 is 2.39 bits per heavy atom. The minimum absolute atomic E-state index is 0.109. The Morgan fingerprint density at radius 2 is 1.71 bits per heavy atom. The average Bonchev–Trinajstić information content (AvgIpc) is 2.67. The first-order chi connectivity index (χ1) is 13.3. The van der Waals surface area contributed by atoms with Gasteiger partial charge in [-0.15, -0.1) is 0 Å². The number of nitro groups is 1. The summed E-state index contributed by atoms with van der Waals surface area (Å²) in [7, 11) is 0. The number of anilines is 2. The molecule has 0 aliphatic carbocycles. The molecule has 0 atom stereocenters. The van der Waals surface area contributed by atoms with Crippen LogP contribution in [0, 0.1) is 24.0 Å². The van der Waals surface area contributed by atoms with Crippen molar-refractivity contribution in [2.45, 2.75) is 13.8 Å². The zero-order chi connectivity index (χ0) is 20.0. The summed E-state index contributed by atoms with van der Waals surface area (Å²) < 4.78 is 5.76. The molecule has 140 valence electrons. The van der Waals surface area contributed by atoms with Gasteiger partial charge in [-0.2, -0.15) is 0 Å². The van der Waals surface area contributed by atoms with Crippen LogP contribution < -0.4 is 10.1 Å². The number of hydrogen-bond donors (Lipinski definition) is 2. The molecule has 0 saturated carbocycles. The Bertz CT molecular complexity index is 1150. The lowest BCUT2D eigenvalue weighted by Gasteiger charge is -2.23. The van der Waals surface area contributed by atoms with E-state index >= 15 is 0 Å². The fraction of sp³-hybridized carbons (Fsp3) is 0.0952. The minimum Gasteiger partial charge on any atom is -0.478 e. The van der Waals surface area contributed by atoms with E-state index in [1.165, 1.54) is 17.2 Å². The van der Waals surface area contributed by atoms with Crippen molar-refractivity contribution in [1.29, 1.82) is 0 Å². The molecule has 4 rings (SSSR count). The largest absolute Gasteiger partial charge is 0.478 e. The number of carbonyl (C=O) groups is 1. The van der Waals surface area contributed by atoms with Crippen molar-refractivity contribution in [1.82, 2.24) is 0 Å². The zero-order valence-corrected chi connectivity index (χ0v) is 15.1. The highest BCUT2D eigenvalue weighted by molar-refractivity contribution is 5.99. The molecule has 0 aromatic heterocycles. The van der Waals surface area contributed by atoms with E-state index in [1.807, 2.05) is 38.1 Å². The summed E-state index contributed by atoms with van der Waals surface area (Å²) in [5.41, 5.74) is 4.58. The van der Waals surface area contributed by atoms with E-state index < -0.39 is 10.9 Å². The van der Waals surface area contributed by atoms with E-state index in [-0.39, 0.29) is 22.7 Å². The van der Waals surface area contributed by atoms with Crippen LogP contribution in [0.25, 0.3) is 11.1 Å². The molecular formula is C21H16N2O5. The molecule has 1 aliphatic rings. The maximum Gasteiger partial charge on any atom is 0.338 e. The number of ether oxygens (including phenoxy) is 1. The van der Waals surface area contributed by atoms with Gasteiger partial charge in [0.2, 0.25) is 0 Å². The number of hydrogen-bond acceptors (Lipinski definition) is 5. The van der Waals surface area contributed by atoms with E-state index in [1.54, 1.807) is 6.07 Å². The Labute approximate surface area is 160 Å². The van der Waals surface area contributed by atoms with E-state index in [0.717, 1.165) is 17.2 Å². The summed E-state index contributed by atoms with van der Waals surface area (Å²) in [6.45, 7) is 4.09.